The van der Waals surface area contributed by atoms with Crippen LogP contribution < -0.4 is 15.4 Å². The molecular formula is C21H21N3O2. The van der Waals surface area contributed by atoms with Gasteiger partial charge in [0.05, 0.1) is 6.54 Å². The zero-order valence-electron chi connectivity index (χ0n) is 14.8. The SMILES string of the molecule is Cc1ccc(C)c(NC(=O)CNc2ccc(Oc3ccncc3)cc2)c1. The molecule has 5 heteroatoms. The van der Waals surface area contributed by atoms with E-state index >= 15 is 0 Å². The summed E-state index contributed by atoms with van der Waals surface area (Å²) in [6, 6.07) is 17.0. The van der Waals surface area contributed by atoms with Crippen LogP contribution in [-0.4, -0.2) is 17.4 Å². The summed E-state index contributed by atoms with van der Waals surface area (Å²) in [5.74, 6) is 1.37. The van der Waals surface area contributed by atoms with Crippen molar-refractivity contribution in [3.8, 4) is 11.5 Å². The number of ether oxygens (including phenoxy) is 1. The molecule has 0 aliphatic heterocycles. The second-order valence-electron chi connectivity index (χ2n) is 6.03. The largest absolute Gasteiger partial charge is 0.457 e. The number of pyridine rings is 1. The Kier molecular flexibility index (Phi) is 5.49. The van der Waals surface area contributed by atoms with Crippen LogP contribution >= 0.6 is 0 Å². The van der Waals surface area contributed by atoms with E-state index in [1.54, 1.807) is 24.5 Å². The second kappa shape index (κ2) is 8.16. The normalized spacial score (nSPS) is 10.2. The maximum absolute atomic E-state index is 12.2. The van der Waals surface area contributed by atoms with Crippen molar-refractivity contribution in [2.45, 2.75) is 13.8 Å². The zero-order chi connectivity index (χ0) is 18.4. The van der Waals surface area contributed by atoms with Gasteiger partial charge >= 0.3 is 0 Å². The van der Waals surface area contributed by atoms with Gasteiger partial charge in [-0.25, -0.2) is 0 Å². The molecule has 1 aromatic heterocycles. The third kappa shape index (κ3) is 4.83. The number of amides is 1. The van der Waals surface area contributed by atoms with Gasteiger partial charge in [0.15, 0.2) is 0 Å². The Bertz CT molecular complexity index is 878. The minimum Gasteiger partial charge on any atom is -0.457 e. The van der Waals surface area contributed by atoms with Crippen molar-refractivity contribution in [3.05, 3.63) is 78.1 Å². The average Bonchev–Trinajstić information content (AvgIpc) is 2.65. The van der Waals surface area contributed by atoms with Crippen LogP contribution in [0.15, 0.2) is 67.0 Å². The van der Waals surface area contributed by atoms with E-state index in [1.165, 1.54) is 0 Å². The van der Waals surface area contributed by atoms with Crippen LogP contribution in [0.2, 0.25) is 0 Å². The van der Waals surface area contributed by atoms with Gasteiger partial charge in [-0.1, -0.05) is 12.1 Å². The van der Waals surface area contributed by atoms with E-state index < -0.39 is 0 Å². The number of nitrogens with zero attached hydrogens (tertiary/aromatic N) is 1. The molecule has 0 radical (unpaired) electrons. The first kappa shape index (κ1) is 17.5. The van der Waals surface area contributed by atoms with Gasteiger partial charge in [0.25, 0.3) is 0 Å². The number of aromatic nitrogens is 1. The van der Waals surface area contributed by atoms with Crippen molar-refractivity contribution < 1.29 is 9.53 Å². The molecule has 1 heterocycles. The number of benzene rings is 2. The molecule has 1 amide bonds. The highest BCUT2D eigenvalue weighted by atomic mass is 16.5. The smallest absolute Gasteiger partial charge is 0.243 e. The standard InChI is InChI=1S/C21H21N3O2/c1-15-3-4-16(2)20(13-15)24-21(25)14-23-17-5-7-18(8-6-17)26-19-9-11-22-12-10-19/h3-13,23H,14H2,1-2H3,(H,24,25). The molecule has 0 atom stereocenters. The fourth-order valence-electron chi connectivity index (χ4n) is 2.43. The van der Waals surface area contributed by atoms with Crippen LogP contribution in [0.4, 0.5) is 11.4 Å². The molecule has 0 aliphatic carbocycles. The predicted molar refractivity (Wildman–Crippen MR) is 104 cm³/mol. The van der Waals surface area contributed by atoms with Gasteiger partial charge in [-0.3, -0.25) is 9.78 Å². The summed E-state index contributed by atoms with van der Waals surface area (Å²) >= 11 is 0. The van der Waals surface area contributed by atoms with Crippen molar-refractivity contribution in [3.63, 3.8) is 0 Å². The molecule has 0 spiro atoms. The van der Waals surface area contributed by atoms with Gasteiger partial charge in [0.1, 0.15) is 11.5 Å². The summed E-state index contributed by atoms with van der Waals surface area (Å²) < 4.78 is 5.72. The number of hydrogen-bond acceptors (Lipinski definition) is 4. The van der Waals surface area contributed by atoms with Crippen molar-refractivity contribution in [1.82, 2.24) is 4.98 Å². The van der Waals surface area contributed by atoms with Gasteiger partial charge in [-0.05, 0) is 67.4 Å². The van der Waals surface area contributed by atoms with E-state index in [1.807, 2.05) is 56.3 Å². The second-order valence-corrected chi connectivity index (χ2v) is 6.03. The lowest BCUT2D eigenvalue weighted by molar-refractivity contribution is -0.114. The summed E-state index contributed by atoms with van der Waals surface area (Å²) in [6.45, 7) is 4.17. The molecule has 2 N–H and O–H groups in total. The number of nitrogens with one attached hydrogen (secondary N) is 2. The quantitative estimate of drug-likeness (QED) is 0.687. The predicted octanol–water partition coefficient (Wildman–Crippen LogP) is 4.54. The fraction of sp³-hybridized carbons (Fsp3) is 0.143. The van der Waals surface area contributed by atoms with Crippen LogP contribution in [0.3, 0.4) is 0 Å². The van der Waals surface area contributed by atoms with Crippen LogP contribution in [-0.2, 0) is 4.79 Å². The highest BCUT2D eigenvalue weighted by molar-refractivity contribution is 5.94. The molecule has 3 aromatic rings. The van der Waals surface area contributed by atoms with Crippen molar-refractivity contribution >= 4 is 17.3 Å². The van der Waals surface area contributed by atoms with Crippen molar-refractivity contribution in [1.29, 1.82) is 0 Å². The highest BCUT2D eigenvalue weighted by Gasteiger charge is 2.05. The molecule has 2 aromatic carbocycles. The lowest BCUT2D eigenvalue weighted by Crippen LogP contribution is -2.22. The van der Waals surface area contributed by atoms with E-state index in [2.05, 4.69) is 15.6 Å². The number of carbonyl (C=O) groups excluding carboxylic acids is 1. The van der Waals surface area contributed by atoms with Crippen LogP contribution in [0.25, 0.3) is 0 Å². The third-order valence-electron chi connectivity index (χ3n) is 3.86. The average molecular weight is 347 g/mol. The van der Waals surface area contributed by atoms with E-state index in [9.17, 15) is 4.79 Å². The minimum absolute atomic E-state index is 0.0872. The molecule has 0 unspecified atom stereocenters. The molecule has 0 saturated carbocycles. The Hall–Kier alpha value is -3.34. The van der Waals surface area contributed by atoms with Gasteiger partial charge < -0.3 is 15.4 Å². The Labute approximate surface area is 153 Å². The first-order chi connectivity index (χ1) is 12.6. The monoisotopic (exact) mass is 347 g/mol. The molecule has 132 valence electrons. The molecule has 5 nitrogen and oxygen atoms in total. The summed E-state index contributed by atoms with van der Waals surface area (Å²) in [6.07, 6.45) is 3.36. The molecule has 3 rings (SSSR count). The van der Waals surface area contributed by atoms with Crippen LogP contribution in [0.5, 0.6) is 11.5 Å². The van der Waals surface area contributed by atoms with E-state index in [-0.39, 0.29) is 12.5 Å². The third-order valence-corrected chi connectivity index (χ3v) is 3.86. The highest BCUT2D eigenvalue weighted by Crippen LogP contribution is 2.22. The summed E-state index contributed by atoms with van der Waals surface area (Å²) in [5.41, 5.74) is 3.85. The number of anilines is 2. The number of carbonyl (C=O) groups is 1. The summed E-state index contributed by atoms with van der Waals surface area (Å²) in [4.78, 5) is 16.1. The van der Waals surface area contributed by atoms with Crippen LogP contribution in [0.1, 0.15) is 11.1 Å². The Balaban J connectivity index is 1.53. The topological polar surface area (TPSA) is 63.2 Å². The van der Waals surface area contributed by atoms with E-state index in [4.69, 9.17) is 4.74 Å². The van der Waals surface area contributed by atoms with Crippen molar-refractivity contribution in [2.75, 3.05) is 17.2 Å². The number of rotatable bonds is 6. The van der Waals surface area contributed by atoms with E-state index in [0.717, 1.165) is 34.0 Å². The molecule has 0 aliphatic rings. The molecule has 0 bridgehead atoms. The molecular weight excluding hydrogens is 326 g/mol. The Morgan fingerprint density at radius 3 is 2.38 bits per heavy atom. The first-order valence-electron chi connectivity index (χ1n) is 8.39. The van der Waals surface area contributed by atoms with Gasteiger partial charge in [0, 0.05) is 23.8 Å². The molecule has 0 saturated heterocycles. The lowest BCUT2D eigenvalue weighted by Gasteiger charge is -2.11. The van der Waals surface area contributed by atoms with Crippen LogP contribution in [0, 0.1) is 13.8 Å². The summed E-state index contributed by atoms with van der Waals surface area (Å²) in [7, 11) is 0. The number of aryl methyl sites for hydroxylation is 2. The maximum atomic E-state index is 12.2. The molecule has 26 heavy (non-hydrogen) atoms. The van der Waals surface area contributed by atoms with Crippen molar-refractivity contribution in [2.24, 2.45) is 0 Å². The maximum Gasteiger partial charge on any atom is 0.243 e. The summed E-state index contributed by atoms with van der Waals surface area (Å²) in [5, 5.41) is 6.05. The van der Waals surface area contributed by atoms with Gasteiger partial charge in [-0.15, -0.1) is 0 Å². The molecule has 0 fully saturated rings. The Morgan fingerprint density at radius 2 is 1.65 bits per heavy atom. The van der Waals surface area contributed by atoms with Gasteiger partial charge in [0.2, 0.25) is 5.91 Å². The Morgan fingerprint density at radius 1 is 0.962 bits per heavy atom. The minimum atomic E-state index is -0.0872. The fourth-order valence-corrected chi connectivity index (χ4v) is 2.43. The lowest BCUT2D eigenvalue weighted by atomic mass is 10.1. The number of hydrogen-bond donors (Lipinski definition) is 2. The van der Waals surface area contributed by atoms with E-state index in [0.29, 0.717) is 0 Å². The first-order valence-corrected chi connectivity index (χ1v) is 8.39. The van der Waals surface area contributed by atoms with Gasteiger partial charge in [-0.2, -0.15) is 0 Å². The zero-order valence-corrected chi connectivity index (χ0v) is 14.8.